The highest BCUT2D eigenvalue weighted by Crippen LogP contribution is 2.14. The standard InChI is InChI=1S/C12H22N2S/c1-9(2)7-11(13-4)5-6-12-14-10(3)8-15-12/h8-9,11,13H,5-7H2,1-4H3. The Labute approximate surface area is 97.1 Å². The Morgan fingerprint density at radius 1 is 1.47 bits per heavy atom. The van der Waals surface area contributed by atoms with Gasteiger partial charge in [0.05, 0.1) is 5.01 Å². The van der Waals surface area contributed by atoms with Crippen molar-refractivity contribution in [3.63, 3.8) is 0 Å². The van der Waals surface area contributed by atoms with E-state index in [1.807, 2.05) is 0 Å². The van der Waals surface area contributed by atoms with Gasteiger partial charge in [-0.1, -0.05) is 13.8 Å². The maximum absolute atomic E-state index is 4.49. The van der Waals surface area contributed by atoms with Crippen LogP contribution in [0.2, 0.25) is 0 Å². The summed E-state index contributed by atoms with van der Waals surface area (Å²) in [6.07, 6.45) is 3.55. The van der Waals surface area contributed by atoms with Crippen molar-refractivity contribution in [3.05, 3.63) is 16.1 Å². The smallest absolute Gasteiger partial charge is 0.0928 e. The van der Waals surface area contributed by atoms with Crippen molar-refractivity contribution >= 4 is 11.3 Å². The molecule has 0 radical (unpaired) electrons. The summed E-state index contributed by atoms with van der Waals surface area (Å²) in [7, 11) is 2.06. The molecule has 0 spiro atoms. The molecule has 1 heterocycles. The van der Waals surface area contributed by atoms with Gasteiger partial charge in [0.1, 0.15) is 0 Å². The molecular weight excluding hydrogens is 204 g/mol. The maximum Gasteiger partial charge on any atom is 0.0928 e. The molecule has 2 nitrogen and oxygen atoms in total. The highest BCUT2D eigenvalue weighted by molar-refractivity contribution is 7.09. The second-order valence-electron chi connectivity index (χ2n) is 4.54. The van der Waals surface area contributed by atoms with Crippen LogP contribution in [0.3, 0.4) is 0 Å². The molecule has 0 saturated heterocycles. The molecule has 1 aromatic heterocycles. The Morgan fingerprint density at radius 2 is 2.20 bits per heavy atom. The van der Waals surface area contributed by atoms with Crippen molar-refractivity contribution in [1.82, 2.24) is 10.3 Å². The quantitative estimate of drug-likeness (QED) is 0.806. The fourth-order valence-corrected chi connectivity index (χ4v) is 2.56. The van der Waals surface area contributed by atoms with E-state index in [0.717, 1.165) is 18.0 Å². The van der Waals surface area contributed by atoms with Crippen LogP contribution in [0.5, 0.6) is 0 Å². The van der Waals surface area contributed by atoms with E-state index in [-0.39, 0.29) is 0 Å². The van der Waals surface area contributed by atoms with E-state index in [2.05, 4.69) is 43.5 Å². The number of aromatic nitrogens is 1. The summed E-state index contributed by atoms with van der Waals surface area (Å²) in [5, 5.41) is 6.79. The molecule has 0 amide bonds. The van der Waals surface area contributed by atoms with Crippen LogP contribution in [0, 0.1) is 12.8 Å². The lowest BCUT2D eigenvalue weighted by Gasteiger charge is -2.17. The van der Waals surface area contributed by atoms with Gasteiger partial charge < -0.3 is 5.32 Å². The van der Waals surface area contributed by atoms with Crippen LogP contribution in [0.15, 0.2) is 5.38 Å². The summed E-state index contributed by atoms with van der Waals surface area (Å²) >= 11 is 1.78. The van der Waals surface area contributed by atoms with Gasteiger partial charge in [-0.3, -0.25) is 0 Å². The van der Waals surface area contributed by atoms with Gasteiger partial charge in [-0.15, -0.1) is 11.3 Å². The fourth-order valence-electron chi connectivity index (χ4n) is 1.76. The molecule has 0 aliphatic heterocycles. The van der Waals surface area contributed by atoms with E-state index >= 15 is 0 Å². The molecule has 0 fully saturated rings. The van der Waals surface area contributed by atoms with Crippen molar-refractivity contribution in [1.29, 1.82) is 0 Å². The van der Waals surface area contributed by atoms with Crippen LogP contribution in [0.25, 0.3) is 0 Å². The molecule has 1 atom stereocenters. The third kappa shape index (κ3) is 4.76. The number of hydrogen-bond acceptors (Lipinski definition) is 3. The zero-order valence-electron chi connectivity index (χ0n) is 10.2. The van der Waals surface area contributed by atoms with Gasteiger partial charge in [0.15, 0.2) is 0 Å². The summed E-state index contributed by atoms with van der Waals surface area (Å²) < 4.78 is 0. The minimum absolute atomic E-state index is 0.634. The van der Waals surface area contributed by atoms with Gasteiger partial charge in [0.2, 0.25) is 0 Å². The van der Waals surface area contributed by atoms with E-state index in [0.29, 0.717) is 6.04 Å². The second-order valence-corrected chi connectivity index (χ2v) is 5.48. The topological polar surface area (TPSA) is 24.9 Å². The SMILES string of the molecule is CNC(CCc1nc(C)cs1)CC(C)C. The normalized spacial score (nSPS) is 13.4. The Balaban J connectivity index is 2.34. The number of aryl methyl sites for hydroxylation is 2. The third-order valence-corrected chi connectivity index (χ3v) is 3.56. The van der Waals surface area contributed by atoms with Crippen molar-refractivity contribution in [2.24, 2.45) is 5.92 Å². The van der Waals surface area contributed by atoms with Gasteiger partial charge in [-0.05, 0) is 32.7 Å². The molecule has 0 bridgehead atoms. The zero-order chi connectivity index (χ0) is 11.3. The first-order valence-electron chi connectivity index (χ1n) is 5.70. The molecule has 1 unspecified atom stereocenters. The van der Waals surface area contributed by atoms with Crippen molar-refractivity contribution in [2.45, 2.75) is 46.1 Å². The molecule has 15 heavy (non-hydrogen) atoms. The minimum atomic E-state index is 0.634. The number of nitrogens with zero attached hydrogens (tertiary/aromatic N) is 1. The lowest BCUT2D eigenvalue weighted by molar-refractivity contribution is 0.421. The largest absolute Gasteiger partial charge is 0.317 e. The Morgan fingerprint density at radius 3 is 2.67 bits per heavy atom. The average molecular weight is 226 g/mol. The molecule has 3 heteroatoms. The highest BCUT2D eigenvalue weighted by atomic mass is 32.1. The van der Waals surface area contributed by atoms with E-state index < -0.39 is 0 Å². The summed E-state index contributed by atoms with van der Waals surface area (Å²) in [6.45, 7) is 6.61. The van der Waals surface area contributed by atoms with Crippen molar-refractivity contribution in [3.8, 4) is 0 Å². The van der Waals surface area contributed by atoms with E-state index in [1.54, 1.807) is 11.3 Å². The van der Waals surface area contributed by atoms with E-state index in [9.17, 15) is 0 Å². The van der Waals surface area contributed by atoms with Crippen LogP contribution in [0.1, 0.15) is 37.4 Å². The molecular formula is C12H22N2S. The van der Waals surface area contributed by atoms with E-state index in [1.165, 1.54) is 17.8 Å². The summed E-state index contributed by atoms with van der Waals surface area (Å²) in [4.78, 5) is 4.49. The van der Waals surface area contributed by atoms with Gasteiger partial charge in [-0.2, -0.15) is 0 Å². The lowest BCUT2D eigenvalue weighted by Crippen LogP contribution is -2.27. The third-order valence-electron chi connectivity index (χ3n) is 2.54. The molecule has 0 saturated carbocycles. The van der Waals surface area contributed by atoms with Crippen molar-refractivity contribution in [2.75, 3.05) is 7.05 Å². The maximum atomic E-state index is 4.49. The zero-order valence-corrected chi connectivity index (χ0v) is 11.0. The van der Waals surface area contributed by atoms with Crippen LogP contribution in [-0.4, -0.2) is 18.1 Å². The van der Waals surface area contributed by atoms with Crippen LogP contribution >= 0.6 is 11.3 Å². The Bertz CT molecular complexity index is 281. The van der Waals surface area contributed by atoms with Gasteiger partial charge in [0.25, 0.3) is 0 Å². The number of hydrogen-bond donors (Lipinski definition) is 1. The number of rotatable bonds is 6. The highest BCUT2D eigenvalue weighted by Gasteiger charge is 2.09. The predicted octanol–water partition coefficient (Wildman–Crippen LogP) is 3.02. The summed E-state index contributed by atoms with van der Waals surface area (Å²) in [5.74, 6) is 0.764. The first-order chi connectivity index (χ1) is 7.11. The van der Waals surface area contributed by atoms with Gasteiger partial charge in [-0.25, -0.2) is 4.98 Å². The molecule has 86 valence electrons. The first-order valence-corrected chi connectivity index (χ1v) is 6.58. The van der Waals surface area contributed by atoms with Gasteiger partial charge >= 0.3 is 0 Å². The van der Waals surface area contributed by atoms with E-state index in [4.69, 9.17) is 0 Å². The van der Waals surface area contributed by atoms with Crippen molar-refractivity contribution < 1.29 is 0 Å². The van der Waals surface area contributed by atoms with Crippen LogP contribution in [-0.2, 0) is 6.42 Å². The van der Waals surface area contributed by atoms with Gasteiger partial charge in [0, 0.05) is 23.5 Å². The fraction of sp³-hybridized carbons (Fsp3) is 0.750. The summed E-state index contributed by atoms with van der Waals surface area (Å²) in [6, 6.07) is 0.634. The Hall–Kier alpha value is -0.410. The predicted molar refractivity (Wildman–Crippen MR) is 67.5 cm³/mol. The molecule has 0 aliphatic rings. The Kier molecular flexibility index (Phi) is 5.26. The monoisotopic (exact) mass is 226 g/mol. The first kappa shape index (κ1) is 12.7. The second kappa shape index (κ2) is 6.23. The lowest BCUT2D eigenvalue weighted by atomic mass is 10.0. The number of nitrogens with one attached hydrogen (secondary N) is 1. The molecule has 0 aliphatic carbocycles. The number of thiazole rings is 1. The molecule has 1 N–H and O–H groups in total. The molecule has 0 aromatic carbocycles. The van der Waals surface area contributed by atoms with Crippen LogP contribution < -0.4 is 5.32 Å². The summed E-state index contributed by atoms with van der Waals surface area (Å²) in [5.41, 5.74) is 1.15. The molecule has 1 aromatic rings. The van der Waals surface area contributed by atoms with Crippen LogP contribution in [0.4, 0.5) is 0 Å². The molecule has 1 rings (SSSR count). The minimum Gasteiger partial charge on any atom is -0.317 e. The average Bonchev–Trinajstić information content (AvgIpc) is 2.58.